The first-order valence-corrected chi connectivity index (χ1v) is 10.7. The number of hydrogen-bond acceptors (Lipinski definition) is 5. The Kier molecular flexibility index (Phi) is 8.03. The van der Waals surface area contributed by atoms with Crippen molar-refractivity contribution in [1.82, 2.24) is 16.2 Å². The van der Waals surface area contributed by atoms with Crippen molar-refractivity contribution in [3.05, 3.63) is 87.1 Å². The van der Waals surface area contributed by atoms with Gasteiger partial charge in [0, 0.05) is 34.5 Å². The van der Waals surface area contributed by atoms with Crippen LogP contribution in [0.25, 0.3) is 0 Å². The lowest BCUT2D eigenvalue weighted by Crippen LogP contribution is -2.42. The van der Waals surface area contributed by atoms with Gasteiger partial charge in [-0.2, -0.15) is 11.3 Å². The van der Waals surface area contributed by atoms with Gasteiger partial charge in [0.05, 0.1) is 0 Å². The monoisotopic (exact) mass is 457 g/mol. The summed E-state index contributed by atoms with van der Waals surface area (Å²) >= 11 is 7.26. The molecular weight excluding hydrogens is 438 g/mol. The lowest BCUT2D eigenvalue weighted by molar-refractivity contribution is -0.121. The molecule has 0 unspecified atom stereocenters. The molecule has 1 heterocycles. The Morgan fingerprint density at radius 2 is 1.61 bits per heavy atom. The molecule has 3 amide bonds. The number of hydrogen-bond donors (Lipinski definition) is 3. The third-order valence-corrected chi connectivity index (χ3v) is 5.11. The van der Waals surface area contributed by atoms with E-state index in [9.17, 15) is 14.4 Å². The van der Waals surface area contributed by atoms with Gasteiger partial charge in [-0.15, -0.1) is 0 Å². The van der Waals surface area contributed by atoms with Crippen LogP contribution in [0.4, 0.5) is 0 Å². The van der Waals surface area contributed by atoms with Crippen LogP contribution < -0.4 is 20.9 Å². The topological polar surface area (TPSA) is 96.5 Å². The Bertz CT molecular complexity index is 1020. The van der Waals surface area contributed by atoms with Crippen molar-refractivity contribution in [2.45, 2.75) is 13.0 Å². The minimum Gasteiger partial charge on any atom is -0.489 e. The Hall–Kier alpha value is -3.36. The summed E-state index contributed by atoms with van der Waals surface area (Å²) in [6.45, 7) is 0.510. The molecule has 0 aliphatic carbocycles. The van der Waals surface area contributed by atoms with Crippen molar-refractivity contribution in [3.8, 4) is 5.75 Å². The summed E-state index contributed by atoms with van der Waals surface area (Å²) in [6, 6.07) is 15.6. The number of ether oxygens (including phenoxy) is 1. The standard InChI is InChI=1S/C22H20ClN3O4S/c23-18-5-7-19(8-6-18)30-13-15-1-3-16(4-2-15)22(29)26-25-20(27)9-11-24-21(28)17-10-12-31-14-17/h1-8,10,12,14H,9,11,13H2,(H,24,28)(H,25,27)(H,26,29). The van der Waals surface area contributed by atoms with Crippen LogP contribution in [-0.4, -0.2) is 24.3 Å². The molecular formula is C22H20ClN3O4S. The normalized spacial score (nSPS) is 10.2. The number of carbonyl (C=O) groups is 3. The van der Waals surface area contributed by atoms with Crippen molar-refractivity contribution in [3.63, 3.8) is 0 Å². The van der Waals surface area contributed by atoms with Crippen molar-refractivity contribution in [1.29, 1.82) is 0 Å². The predicted octanol–water partition coefficient (Wildman–Crippen LogP) is 3.56. The number of thiophene rings is 1. The van der Waals surface area contributed by atoms with Crippen LogP contribution in [0.15, 0.2) is 65.4 Å². The fraction of sp³-hybridized carbons (Fsp3) is 0.136. The van der Waals surface area contributed by atoms with E-state index in [-0.39, 0.29) is 18.9 Å². The van der Waals surface area contributed by atoms with E-state index < -0.39 is 11.8 Å². The number of amides is 3. The Labute approximate surface area is 188 Å². The number of rotatable bonds is 8. The minimum atomic E-state index is -0.444. The molecule has 0 saturated carbocycles. The molecule has 3 aromatic rings. The number of benzene rings is 2. The molecule has 0 radical (unpaired) electrons. The summed E-state index contributed by atoms with van der Waals surface area (Å²) in [5, 5.41) is 6.81. The van der Waals surface area contributed by atoms with Crippen LogP contribution in [0.3, 0.4) is 0 Å². The van der Waals surface area contributed by atoms with E-state index in [0.717, 1.165) is 5.56 Å². The molecule has 3 N–H and O–H groups in total. The van der Waals surface area contributed by atoms with Gasteiger partial charge in [0.1, 0.15) is 12.4 Å². The van der Waals surface area contributed by atoms with Crippen molar-refractivity contribution in [2.75, 3.05) is 6.54 Å². The molecule has 0 aliphatic heterocycles. The molecule has 0 atom stereocenters. The Morgan fingerprint density at radius 1 is 0.871 bits per heavy atom. The van der Waals surface area contributed by atoms with Crippen LogP contribution in [0, 0.1) is 0 Å². The summed E-state index contributed by atoms with van der Waals surface area (Å²) in [5.41, 5.74) is 6.52. The van der Waals surface area contributed by atoms with Gasteiger partial charge in [-0.05, 0) is 53.4 Å². The third-order valence-electron chi connectivity index (χ3n) is 4.17. The van der Waals surface area contributed by atoms with Crippen LogP contribution in [0.5, 0.6) is 5.75 Å². The van der Waals surface area contributed by atoms with Gasteiger partial charge in [-0.3, -0.25) is 25.2 Å². The maximum absolute atomic E-state index is 12.2. The molecule has 2 aromatic carbocycles. The van der Waals surface area contributed by atoms with E-state index in [1.54, 1.807) is 65.4 Å². The predicted molar refractivity (Wildman–Crippen MR) is 119 cm³/mol. The lowest BCUT2D eigenvalue weighted by Gasteiger charge is -2.09. The molecule has 0 saturated heterocycles. The quantitative estimate of drug-likeness (QED) is 0.450. The van der Waals surface area contributed by atoms with E-state index >= 15 is 0 Å². The van der Waals surface area contributed by atoms with Gasteiger partial charge in [0.2, 0.25) is 5.91 Å². The zero-order valence-corrected chi connectivity index (χ0v) is 18.0. The molecule has 0 aliphatic rings. The van der Waals surface area contributed by atoms with Gasteiger partial charge in [-0.25, -0.2) is 0 Å². The second-order valence-corrected chi connectivity index (χ2v) is 7.68. The maximum Gasteiger partial charge on any atom is 0.269 e. The van der Waals surface area contributed by atoms with Crippen molar-refractivity contribution in [2.24, 2.45) is 0 Å². The van der Waals surface area contributed by atoms with Crippen molar-refractivity contribution < 1.29 is 19.1 Å². The average molecular weight is 458 g/mol. The van der Waals surface area contributed by atoms with E-state index in [1.807, 2.05) is 0 Å². The van der Waals surface area contributed by atoms with Crippen LogP contribution in [0.1, 0.15) is 32.7 Å². The molecule has 0 spiro atoms. The molecule has 0 fully saturated rings. The second-order valence-electron chi connectivity index (χ2n) is 6.46. The van der Waals surface area contributed by atoms with E-state index in [1.165, 1.54) is 11.3 Å². The Balaban J connectivity index is 1.37. The summed E-state index contributed by atoms with van der Waals surface area (Å²) < 4.78 is 5.66. The number of halogens is 1. The first kappa shape index (κ1) is 22.3. The summed E-state index contributed by atoms with van der Waals surface area (Å²) in [4.78, 5) is 35.8. The number of carbonyl (C=O) groups excluding carboxylic acids is 3. The first-order valence-electron chi connectivity index (χ1n) is 9.38. The third kappa shape index (κ3) is 7.13. The SMILES string of the molecule is O=C(CCNC(=O)c1ccsc1)NNC(=O)c1ccc(COc2ccc(Cl)cc2)cc1. The van der Waals surface area contributed by atoms with Gasteiger partial charge in [-0.1, -0.05) is 23.7 Å². The molecule has 9 heteroatoms. The minimum absolute atomic E-state index is 0.0388. The van der Waals surface area contributed by atoms with Gasteiger partial charge >= 0.3 is 0 Å². The van der Waals surface area contributed by atoms with Gasteiger partial charge in [0.15, 0.2) is 0 Å². The molecule has 0 bridgehead atoms. The highest BCUT2D eigenvalue weighted by molar-refractivity contribution is 7.08. The van der Waals surface area contributed by atoms with E-state index in [4.69, 9.17) is 16.3 Å². The summed E-state index contributed by atoms with van der Waals surface area (Å²) in [6.07, 6.45) is 0.0388. The zero-order chi connectivity index (χ0) is 22.1. The molecule has 31 heavy (non-hydrogen) atoms. The maximum atomic E-state index is 12.2. The van der Waals surface area contributed by atoms with Gasteiger partial charge < -0.3 is 10.1 Å². The van der Waals surface area contributed by atoms with Crippen LogP contribution >= 0.6 is 22.9 Å². The zero-order valence-electron chi connectivity index (χ0n) is 16.4. The lowest BCUT2D eigenvalue weighted by atomic mass is 10.1. The fourth-order valence-electron chi connectivity index (χ4n) is 2.50. The van der Waals surface area contributed by atoms with Crippen LogP contribution in [-0.2, 0) is 11.4 Å². The Morgan fingerprint density at radius 3 is 2.29 bits per heavy atom. The average Bonchev–Trinajstić information content (AvgIpc) is 3.32. The van der Waals surface area contributed by atoms with Gasteiger partial charge in [0.25, 0.3) is 11.8 Å². The first-order chi connectivity index (χ1) is 15.0. The number of hydrazine groups is 1. The molecule has 1 aromatic heterocycles. The smallest absolute Gasteiger partial charge is 0.269 e. The van der Waals surface area contributed by atoms with Crippen molar-refractivity contribution >= 4 is 40.7 Å². The van der Waals surface area contributed by atoms with E-state index in [0.29, 0.717) is 28.5 Å². The molecule has 7 nitrogen and oxygen atoms in total. The van der Waals surface area contributed by atoms with Crippen LogP contribution in [0.2, 0.25) is 5.02 Å². The molecule has 3 rings (SSSR count). The highest BCUT2D eigenvalue weighted by atomic mass is 35.5. The number of nitrogens with one attached hydrogen (secondary N) is 3. The summed E-state index contributed by atoms with van der Waals surface area (Å²) in [5.74, 6) is -0.397. The largest absolute Gasteiger partial charge is 0.489 e. The highest BCUT2D eigenvalue weighted by Gasteiger charge is 2.09. The molecule has 160 valence electrons. The fourth-order valence-corrected chi connectivity index (χ4v) is 3.26. The second kappa shape index (κ2) is 11.1. The summed E-state index contributed by atoms with van der Waals surface area (Å²) in [7, 11) is 0. The highest BCUT2D eigenvalue weighted by Crippen LogP contribution is 2.17. The van der Waals surface area contributed by atoms with E-state index in [2.05, 4.69) is 16.2 Å².